The van der Waals surface area contributed by atoms with Crippen molar-refractivity contribution in [2.24, 2.45) is 0 Å². The highest BCUT2D eigenvalue weighted by Crippen LogP contribution is 2.29. The summed E-state index contributed by atoms with van der Waals surface area (Å²) < 4.78 is 28.1. The van der Waals surface area contributed by atoms with E-state index >= 15 is 0 Å². The van der Waals surface area contributed by atoms with Crippen LogP contribution in [0.1, 0.15) is 19.4 Å². The maximum absolute atomic E-state index is 12.2. The Balaban J connectivity index is 3.26. The molecule has 1 aromatic carbocycles. The van der Waals surface area contributed by atoms with E-state index in [-0.39, 0.29) is 11.5 Å². The average Bonchev–Trinajstić information content (AvgIpc) is 2.21. The number of rotatable bonds is 4. The maximum Gasteiger partial charge on any atom is 0.242 e. The summed E-state index contributed by atoms with van der Waals surface area (Å²) in [6.07, 6.45) is 0. The fourth-order valence-corrected chi connectivity index (χ4v) is 4.37. The summed E-state index contributed by atoms with van der Waals surface area (Å²) in [5, 5.41) is 9.12. The quantitative estimate of drug-likeness (QED) is 0.816. The molecule has 0 saturated heterocycles. The van der Waals surface area contributed by atoms with E-state index < -0.39 is 15.6 Å². The van der Waals surface area contributed by atoms with Crippen molar-refractivity contribution >= 4 is 41.9 Å². The Morgan fingerprint density at radius 1 is 1.28 bits per heavy atom. The Labute approximate surface area is 124 Å². The molecule has 0 amide bonds. The third-order valence-electron chi connectivity index (χ3n) is 2.31. The topological polar surface area (TPSA) is 66.4 Å². The molecule has 0 atom stereocenters. The zero-order valence-electron chi connectivity index (χ0n) is 10.3. The van der Waals surface area contributed by atoms with Crippen LogP contribution < -0.4 is 4.72 Å². The molecule has 0 radical (unpaired) electrons. The van der Waals surface area contributed by atoms with Crippen molar-refractivity contribution in [3.8, 4) is 0 Å². The number of hydrogen-bond donors (Lipinski definition) is 2. The van der Waals surface area contributed by atoms with Gasteiger partial charge in [0.2, 0.25) is 10.0 Å². The van der Waals surface area contributed by atoms with E-state index in [2.05, 4.69) is 36.6 Å². The van der Waals surface area contributed by atoms with Gasteiger partial charge in [0.15, 0.2) is 0 Å². The number of aryl methyl sites for hydroxylation is 1. The molecule has 0 fully saturated rings. The van der Waals surface area contributed by atoms with Gasteiger partial charge in [-0.15, -0.1) is 0 Å². The number of aliphatic hydroxyl groups excluding tert-OH is 1. The van der Waals surface area contributed by atoms with Gasteiger partial charge in [-0.05, 0) is 54.4 Å². The van der Waals surface area contributed by atoms with Crippen LogP contribution in [-0.4, -0.2) is 25.7 Å². The third kappa shape index (κ3) is 3.77. The van der Waals surface area contributed by atoms with Gasteiger partial charge in [0, 0.05) is 8.95 Å². The van der Waals surface area contributed by atoms with Crippen LogP contribution in [0.3, 0.4) is 0 Å². The molecule has 0 aliphatic rings. The van der Waals surface area contributed by atoms with Gasteiger partial charge in [-0.25, -0.2) is 13.1 Å². The highest BCUT2D eigenvalue weighted by Gasteiger charge is 2.27. The minimum Gasteiger partial charge on any atom is -0.394 e. The minimum absolute atomic E-state index is 0.140. The number of halogens is 2. The van der Waals surface area contributed by atoms with Gasteiger partial charge < -0.3 is 5.11 Å². The van der Waals surface area contributed by atoms with Gasteiger partial charge in [0.1, 0.15) is 0 Å². The van der Waals surface area contributed by atoms with Crippen molar-refractivity contribution in [2.45, 2.75) is 31.2 Å². The van der Waals surface area contributed by atoms with Gasteiger partial charge in [-0.2, -0.15) is 0 Å². The minimum atomic E-state index is -3.69. The van der Waals surface area contributed by atoms with Crippen molar-refractivity contribution in [3.63, 3.8) is 0 Å². The second kappa shape index (κ2) is 5.58. The molecule has 0 bridgehead atoms. The van der Waals surface area contributed by atoms with Crippen LogP contribution >= 0.6 is 31.9 Å². The van der Waals surface area contributed by atoms with E-state index in [0.29, 0.717) is 8.95 Å². The van der Waals surface area contributed by atoms with Crippen molar-refractivity contribution in [1.82, 2.24) is 4.72 Å². The summed E-state index contributed by atoms with van der Waals surface area (Å²) in [5.41, 5.74) is 0.0255. The molecule has 4 nitrogen and oxygen atoms in total. The smallest absolute Gasteiger partial charge is 0.242 e. The van der Waals surface area contributed by atoms with Crippen LogP contribution in [0.15, 0.2) is 26.0 Å². The van der Waals surface area contributed by atoms with Crippen LogP contribution in [0.2, 0.25) is 0 Å². The molecule has 102 valence electrons. The lowest BCUT2D eigenvalue weighted by Crippen LogP contribution is -2.46. The predicted octanol–water partition coefficient (Wildman–Crippen LogP) is 2.57. The Bertz CT molecular complexity index is 556. The fraction of sp³-hybridized carbons (Fsp3) is 0.455. The van der Waals surface area contributed by atoms with E-state index in [0.717, 1.165) is 5.56 Å². The molecule has 0 saturated carbocycles. The molecule has 7 heteroatoms. The molecular weight excluding hydrogens is 386 g/mol. The van der Waals surface area contributed by atoms with Gasteiger partial charge in [0.05, 0.1) is 17.0 Å². The molecule has 0 aliphatic carbocycles. The number of sulfonamides is 1. The fourth-order valence-electron chi connectivity index (χ4n) is 1.28. The molecule has 1 rings (SSSR count). The van der Waals surface area contributed by atoms with E-state index in [1.54, 1.807) is 19.9 Å². The molecule has 0 aromatic heterocycles. The van der Waals surface area contributed by atoms with Gasteiger partial charge in [-0.3, -0.25) is 0 Å². The number of aliphatic hydroxyl groups is 1. The summed E-state index contributed by atoms with van der Waals surface area (Å²) >= 11 is 6.55. The van der Waals surface area contributed by atoms with Gasteiger partial charge in [-0.1, -0.05) is 15.9 Å². The van der Waals surface area contributed by atoms with Crippen LogP contribution in [0.4, 0.5) is 0 Å². The van der Waals surface area contributed by atoms with Crippen molar-refractivity contribution in [3.05, 3.63) is 26.6 Å². The number of nitrogens with one attached hydrogen (secondary N) is 1. The SMILES string of the molecule is Cc1cc(Br)c(S(=O)(=O)NC(C)(C)CO)cc1Br. The second-order valence-corrected chi connectivity index (χ2v) is 8.04. The molecule has 2 N–H and O–H groups in total. The zero-order chi connectivity index (χ0) is 14.1. The lowest BCUT2D eigenvalue weighted by atomic mass is 10.1. The Morgan fingerprint density at radius 3 is 2.33 bits per heavy atom. The van der Waals surface area contributed by atoms with E-state index in [9.17, 15) is 8.42 Å². The molecule has 0 heterocycles. The Kier molecular flexibility index (Phi) is 4.99. The molecular formula is C11H15Br2NO3S. The van der Waals surface area contributed by atoms with E-state index in [1.165, 1.54) is 6.07 Å². The predicted molar refractivity (Wildman–Crippen MR) is 78.1 cm³/mol. The molecule has 0 aliphatic heterocycles. The number of hydrogen-bond acceptors (Lipinski definition) is 3. The summed E-state index contributed by atoms with van der Waals surface area (Å²) in [4.78, 5) is 0.140. The Hall–Kier alpha value is 0.0500. The van der Waals surface area contributed by atoms with Gasteiger partial charge in [0.25, 0.3) is 0 Å². The zero-order valence-corrected chi connectivity index (χ0v) is 14.3. The van der Waals surface area contributed by atoms with E-state index in [1.807, 2.05) is 6.92 Å². The number of benzene rings is 1. The van der Waals surface area contributed by atoms with Crippen LogP contribution in [0.25, 0.3) is 0 Å². The first-order chi connectivity index (χ1) is 8.09. The first-order valence-electron chi connectivity index (χ1n) is 5.19. The van der Waals surface area contributed by atoms with Crippen LogP contribution in [0, 0.1) is 6.92 Å². The van der Waals surface area contributed by atoms with Crippen molar-refractivity contribution in [1.29, 1.82) is 0 Å². The largest absolute Gasteiger partial charge is 0.394 e. The van der Waals surface area contributed by atoms with Crippen LogP contribution in [0.5, 0.6) is 0 Å². The normalized spacial score (nSPS) is 12.8. The summed E-state index contributed by atoms with van der Waals surface area (Å²) in [6, 6.07) is 3.26. The van der Waals surface area contributed by atoms with Crippen molar-refractivity contribution < 1.29 is 13.5 Å². The Morgan fingerprint density at radius 2 is 1.83 bits per heavy atom. The standard InChI is InChI=1S/C11H15Br2NO3S/c1-7-4-9(13)10(5-8(7)12)18(16,17)14-11(2,3)6-15/h4-5,14-15H,6H2,1-3H3. The lowest BCUT2D eigenvalue weighted by Gasteiger charge is -2.23. The highest BCUT2D eigenvalue weighted by molar-refractivity contribution is 9.11. The summed E-state index contributed by atoms with van der Waals surface area (Å²) in [5.74, 6) is 0. The lowest BCUT2D eigenvalue weighted by molar-refractivity contribution is 0.208. The molecule has 0 unspecified atom stereocenters. The first kappa shape index (κ1) is 16.1. The van der Waals surface area contributed by atoms with Crippen LogP contribution in [-0.2, 0) is 10.0 Å². The van der Waals surface area contributed by atoms with Crippen molar-refractivity contribution in [2.75, 3.05) is 6.61 Å². The summed E-state index contributed by atoms with van der Waals surface area (Å²) in [6.45, 7) is 4.82. The van der Waals surface area contributed by atoms with E-state index in [4.69, 9.17) is 5.11 Å². The average molecular weight is 401 g/mol. The third-order valence-corrected chi connectivity index (χ3v) is 5.82. The monoisotopic (exact) mass is 399 g/mol. The highest BCUT2D eigenvalue weighted by atomic mass is 79.9. The van der Waals surface area contributed by atoms with Gasteiger partial charge >= 0.3 is 0 Å². The molecule has 18 heavy (non-hydrogen) atoms. The first-order valence-corrected chi connectivity index (χ1v) is 8.26. The molecule has 0 spiro atoms. The maximum atomic E-state index is 12.2. The molecule has 1 aromatic rings. The summed E-state index contributed by atoms with van der Waals surface area (Å²) in [7, 11) is -3.69. The second-order valence-electron chi connectivity index (χ2n) is 4.68.